The maximum atomic E-state index is 12.3. The van der Waals surface area contributed by atoms with Gasteiger partial charge in [0.05, 0.1) is 11.6 Å². The number of nitrogens with one attached hydrogen (secondary N) is 2. The zero-order chi connectivity index (χ0) is 17.2. The first-order valence-electron chi connectivity index (χ1n) is 8.20. The van der Waals surface area contributed by atoms with Gasteiger partial charge in [0.15, 0.2) is 0 Å². The van der Waals surface area contributed by atoms with E-state index < -0.39 is 0 Å². The average molecular weight is 334 g/mol. The van der Waals surface area contributed by atoms with E-state index in [2.05, 4.69) is 44.8 Å². The minimum Gasteiger partial charge on any atom is -0.352 e. The van der Waals surface area contributed by atoms with Crippen molar-refractivity contribution in [3.8, 4) is 0 Å². The number of aromatic nitrogens is 4. The van der Waals surface area contributed by atoms with Crippen molar-refractivity contribution in [1.82, 2.24) is 19.7 Å². The van der Waals surface area contributed by atoms with Crippen molar-refractivity contribution < 1.29 is 4.79 Å². The quantitative estimate of drug-likeness (QED) is 0.769. The first-order valence-corrected chi connectivity index (χ1v) is 8.20. The fourth-order valence-electron chi connectivity index (χ4n) is 3.03. The third-order valence-electron chi connectivity index (χ3n) is 4.21. The minimum absolute atomic E-state index is 0.0870. The average Bonchev–Trinajstić information content (AvgIpc) is 3.04. The second kappa shape index (κ2) is 6.35. The monoisotopic (exact) mass is 334 g/mol. The Morgan fingerprint density at radius 1 is 1.24 bits per heavy atom. The zero-order valence-electron chi connectivity index (χ0n) is 13.8. The lowest BCUT2D eigenvalue weighted by atomic mass is 9.99. The number of rotatable bonds is 3. The number of fused-ring (bicyclic) bond motifs is 1. The van der Waals surface area contributed by atoms with Crippen LogP contribution in [0.2, 0.25) is 0 Å². The van der Waals surface area contributed by atoms with Gasteiger partial charge in [-0.05, 0) is 31.0 Å². The van der Waals surface area contributed by atoms with E-state index in [0.29, 0.717) is 11.5 Å². The van der Waals surface area contributed by atoms with Crippen molar-refractivity contribution in [2.75, 3.05) is 10.6 Å². The number of nitrogens with zero attached hydrogens (tertiary/aromatic N) is 4. The second-order valence-corrected chi connectivity index (χ2v) is 6.11. The molecule has 0 fully saturated rings. The lowest BCUT2D eigenvalue weighted by molar-refractivity contribution is 0.102. The van der Waals surface area contributed by atoms with Gasteiger partial charge in [-0.15, -0.1) is 5.10 Å². The first-order chi connectivity index (χ1) is 12.2. The van der Waals surface area contributed by atoms with E-state index in [1.165, 1.54) is 11.8 Å². The molecule has 0 bridgehead atoms. The molecule has 0 unspecified atom stereocenters. The van der Waals surface area contributed by atoms with E-state index in [9.17, 15) is 4.79 Å². The summed E-state index contributed by atoms with van der Waals surface area (Å²) in [5.74, 6) is 0.667. The standard InChI is InChI=1S/C18H18N6O/c1-12-10-15(13-6-3-2-4-7-13)24-18(20-12)22-17(23-24)21-16(25)14-8-5-9-19-11-14/h2-9,11-12,15H,10H2,1H3,(H2,20,21,22,23,25)/t12-,15-/m0/s1. The summed E-state index contributed by atoms with van der Waals surface area (Å²) in [4.78, 5) is 20.7. The van der Waals surface area contributed by atoms with Gasteiger partial charge in [-0.2, -0.15) is 4.98 Å². The van der Waals surface area contributed by atoms with Gasteiger partial charge in [0.2, 0.25) is 5.95 Å². The van der Waals surface area contributed by atoms with Crippen LogP contribution in [0, 0.1) is 0 Å². The van der Waals surface area contributed by atoms with Gasteiger partial charge < -0.3 is 5.32 Å². The molecule has 1 aliphatic rings. The SMILES string of the molecule is C[C@H]1C[C@@H](c2ccccc2)n2nc(NC(=O)c3cccnc3)nc2N1. The summed E-state index contributed by atoms with van der Waals surface area (Å²) >= 11 is 0. The Morgan fingerprint density at radius 2 is 2.08 bits per heavy atom. The number of hydrogen-bond acceptors (Lipinski definition) is 5. The van der Waals surface area contributed by atoms with Crippen molar-refractivity contribution in [1.29, 1.82) is 0 Å². The molecule has 1 amide bonds. The molecule has 7 heteroatoms. The smallest absolute Gasteiger partial charge is 0.259 e. The summed E-state index contributed by atoms with van der Waals surface area (Å²) in [6.07, 6.45) is 4.04. The van der Waals surface area contributed by atoms with E-state index in [4.69, 9.17) is 0 Å². The van der Waals surface area contributed by atoms with Gasteiger partial charge in [-0.1, -0.05) is 30.3 Å². The molecular formula is C18H18N6O. The van der Waals surface area contributed by atoms with Crippen LogP contribution in [0.5, 0.6) is 0 Å². The van der Waals surface area contributed by atoms with Crippen LogP contribution in [0.15, 0.2) is 54.9 Å². The fraction of sp³-hybridized carbons (Fsp3) is 0.222. The number of carbonyl (C=O) groups is 1. The fourth-order valence-corrected chi connectivity index (χ4v) is 3.03. The maximum absolute atomic E-state index is 12.3. The molecular weight excluding hydrogens is 316 g/mol. The van der Waals surface area contributed by atoms with Crippen molar-refractivity contribution in [3.63, 3.8) is 0 Å². The maximum Gasteiger partial charge on any atom is 0.259 e. The van der Waals surface area contributed by atoms with Crippen LogP contribution >= 0.6 is 0 Å². The van der Waals surface area contributed by atoms with Crippen molar-refractivity contribution in [3.05, 3.63) is 66.0 Å². The number of benzene rings is 1. The third kappa shape index (κ3) is 3.08. The molecule has 2 atom stereocenters. The first kappa shape index (κ1) is 15.3. The van der Waals surface area contributed by atoms with Crippen molar-refractivity contribution in [2.45, 2.75) is 25.4 Å². The van der Waals surface area contributed by atoms with E-state index >= 15 is 0 Å². The van der Waals surface area contributed by atoms with Crippen LogP contribution in [0.4, 0.5) is 11.9 Å². The van der Waals surface area contributed by atoms with Crippen LogP contribution in [0.25, 0.3) is 0 Å². The molecule has 4 rings (SSSR count). The Balaban J connectivity index is 1.62. The molecule has 1 aliphatic heterocycles. The normalized spacial score (nSPS) is 18.9. The summed E-state index contributed by atoms with van der Waals surface area (Å²) in [6, 6.07) is 14.0. The number of carbonyl (C=O) groups excluding carboxylic acids is 1. The highest BCUT2D eigenvalue weighted by Crippen LogP contribution is 2.31. The number of amides is 1. The molecule has 7 nitrogen and oxygen atoms in total. The lowest BCUT2D eigenvalue weighted by Crippen LogP contribution is -2.31. The molecule has 2 aromatic heterocycles. The Bertz CT molecular complexity index is 877. The molecule has 126 valence electrons. The Morgan fingerprint density at radius 3 is 2.84 bits per heavy atom. The van der Waals surface area contributed by atoms with Gasteiger partial charge >= 0.3 is 0 Å². The van der Waals surface area contributed by atoms with Crippen LogP contribution < -0.4 is 10.6 Å². The van der Waals surface area contributed by atoms with Gasteiger partial charge in [0, 0.05) is 18.4 Å². The second-order valence-electron chi connectivity index (χ2n) is 6.11. The molecule has 2 N–H and O–H groups in total. The summed E-state index contributed by atoms with van der Waals surface area (Å²) in [6.45, 7) is 2.11. The molecule has 0 aliphatic carbocycles. The predicted octanol–water partition coefficient (Wildman–Crippen LogP) is 2.72. The zero-order valence-corrected chi connectivity index (χ0v) is 13.8. The largest absolute Gasteiger partial charge is 0.352 e. The highest BCUT2D eigenvalue weighted by atomic mass is 16.1. The highest BCUT2D eigenvalue weighted by Gasteiger charge is 2.28. The lowest BCUT2D eigenvalue weighted by Gasteiger charge is -2.29. The Hall–Kier alpha value is -3.22. The van der Waals surface area contributed by atoms with Gasteiger partial charge in [0.1, 0.15) is 0 Å². The van der Waals surface area contributed by atoms with Crippen LogP contribution in [0.1, 0.15) is 35.3 Å². The molecule has 0 saturated heterocycles. The number of anilines is 2. The van der Waals surface area contributed by atoms with E-state index in [1.54, 1.807) is 18.3 Å². The summed E-state index contributed by atoms with van der Waals surface area (Å²) in [5, 5.41) is 10.6. The highest BCUT2D eigenvalue weighted by molar-refractivity contribution is 6.03. The summed E-state index contributed by atoms with van der Waals surface area (Å²) < 4.78 is 1.84. The molecule has 1 aromatic carbocycles. The van der Waals surface area contributed by atoms with Gasteiger partial charge in [-0.3, -0.25) is 15.1 Å². The van der Waals surface area contributed by atoms with E-state index in [-0.39, 0.29) is 23.9 Å². The number of hydrogen-bond donors (Lipinski definition) is 2. The van der Waals surface area contributed by atoms with Crippen LogP contribution in [0.3, 0.4) is 0 Å². The molecule has 3 aromatic rings. The molecule has 0 radical (unpaired) electrons. The topological polar surface area (TPSA) is 84.7 Å². The summed E-state index contributed by atoms with van der Waals surface area (Å²) in [7, 11) is 0. The minimum atomic E-state index is -0.277. The predicted molar refractivity (Wildman–Crippen MR) is 94.5 cm³/mol. The van der Waals surface area contributed by atoms with Crippen molar-refractivity contribution in [2.24, 2.45) is 0 Å². The van der Waals surface area contributed by atoms with Crippen LogP contribution in [-0.4, -0.2) is 31.7 Å². The Kier molecular flexibility index (Phi) is 3.89. The van der Waals surface area contributed by atoms with E-state index in [0.717, 1.165) is 6.42 Å². The van der Waals surface area contributed by atoms with Crippen LogP contribution in [-0.2, 0) is 0 Å². The van der Waals surface area contributed by atoms with Gasteiger partial charge in [0.25, 0.3) is 11.9 Å². The summed E-state index contributed by atoms with van der Waals surface area (Å²) in [5.41, 5.74) is 1.64. The third-order valence-corrected chi connectivity index (χ3v) is 4.21. The molecule has 25 heavy (non-hydrogen) atoms. The Labute approximate surface area is 145 Å². The number of pyridine rings is 1. The molecule has 0 spiro atoms. The van der Waals surface area contributed by atoms with Crippen molar-refractivity contribution >= 4 is 17.8 Å². The molecule has 0 saturated carbocycles. The molecule has 3 heterocycles. The van der Waals surface area contributed by atoms with Gasteiger partial charge in [-0.25, -0.2) is 4.68 Å². The van der Waals surface area contributed by atoms with E-state index in [1.807, 2.05) is 22.9 Å².